The molecule has 116 valence electrons. The first-order valence-corrected chi connectivity index (χ1v) is 8.63. The summed E-state index contributed by atoms with van der Waals surface area (Å²) in [5, 5.41) is 3.40. The molecule has 0 radical (unpaired) electrons. The van der Waals surface area contributed by atoms with E-state index in [0.29, 0.717) is 12.5 Å². The van der Waals surface area contributed by atoms with E-state index in [1.54, 1.807) is 0 Å². The molecule has 0 amide bonds. The van der Waals surface area contributed by atoms with Crippen molar-refractivity contribution in [1.82, 2.24) is 10.0 Å². The van der Waals surface area contributed by atoms with Gasteiger partial charge in [-0.25, -0.2) is 21.9 Å². The van der Waals surface area contributed by atoms with Gasteiger partial charge in [0.2, 0.25) is 10.0 Å². The largest absolute Gasteiger partial charge is 0.310 e. The number of halogens is 2. The zero-order valence-electron chi connectivity index (χ0n) is 11.5. The Balaban J connectivity index is 1.86. The molecule has 1 aliphatic heterocycles. The van der Waals surface area contributed by atoms with Gasteiger partial charge in [-0.15, -0.1) is 0 Å². The Morgan fingerprint density at radius 3 is 2.38 bits per heavy atom. The van der Waals surface area contributed by atoms with Gasteiger partial charge in [0.1, 0.15) is 11.6 Å². The maximum atomic E-state index is 13.2. The van der Waals surface area contributed by atoms with E-state index in [2.05, 4.69) is 10.0 Å². The second-order valence-corrected chi connectivity index (χ2v) is 7.57. The molecule has 1 aromatic carbocycles. The summed E-state index contributed by atoms with van der Waals surface area (Å²) in [6, 6.07) is 2.12. The summed E-state index contributed by atoms with van der Waals surface area (Å²) < 4.78 is 53.8. The Kier molecular flexibility index (Phi) is 3.75. The standard InChI is InChI=1S/C14H18F2N2O2S/c15-10-7-11(16)9-12(8-10)21(19,20)18-13-3-6-17-14(13)4-1-2-5-14/h7-9,13,17-18H,1-6H2. The summed E-state index contributed by atoms with van der Waals surface area (Å²) >= 11 is 0. The Morgan fingerprint density at radius 2 is 1.76 bits per heavy atom. The molecule has 1 spiro atoms. The van der Waals surface area contributed by atoms with Crippen LogP contribution >= 0.6 is 0 Å². The third-order valence-corrected chi connectivity index (χ3v) is 5.97. The van der Waals surface area contributed by atoms with Crippen molar-refractivity contribution in [2.45, 2.75) is 48.6 Å². The maximum Gasteiger partial charge on any atom is 0.241 e. The number of sulfonamides is 1. The van der Waals surface area contributed by atoms with E-state index in [1.807, 2.05) is 0 Å². The average molecular weight is 316 g/mol. The molecule has 1 saturated heterocycles. The van der Waals surface area contributed by atoms with Gasteiger partial charge in [-0.2, -0.15) is 0 Å². The number of hydrogen-bond donors (Lipinski definition) is 2. The van der Waals surface area contributed by atoms with Crippen LogP contribution in [0.3, 0.4) is 0 Å². The van der Waals surface area contributed by atoms with Crippen LogP contribution in [0.25, 0.3) is 0 Å². The molecule has 1 heterocycles. The van der Waals surface area contributed by atoms with Crippen LogP contribution in [0.4, 0.5) is 8.78 Å². The lowest BCUT2D eigenvalue weighted by Crippen LogP contribution is -2.53. The third kappa shape index (κ3) is 2.82. The summed E-state index contributed by atoms with van der Waals surface area (Å²) in [6.45, 7) is 0.755. The minimum atomic E-state index is -3.92. The van der Waals surface area contributed by atoms with Crippen molar-refractivity contribution in [3.8, 4) is 0 Å². The van der Waals surface area contributed by atoms with E-state index < -0.39 is 21.7 Å². The van der Waals surface area contributed by atoms with Crippen LogP contribution in [0.2, 0.25) is 0 Å². The van der Waals surface area contributed by atoms with Gasteiger partial charge in [-0.1, -0.05) is 12.8 Å². The van der Waals surface area contributed by atoms with E-state index >= 15 is 0 Å². The SMILES string of the molecule is O=S(=O)(NC1CCNC12CCCC2)c1cc(F)cc(F)c1. The van der Waals surface area contributed by atoms with Crippen molar-refractivity contribution in [3.63, 3.8) is 0 Å². The summed E-state index contributed by atoms with van der Waals surface area (Å²) in [4.78, 5) is -0.361. The minimum Gasteiger partial charge on any atom is -0.310 e. The Bertz CT molecular complexity index is 617. The smallest absolute Gasteiger partial charge is 0.241 e. The Labute approximate surface area is 123 Å². The summed E-state index contributed by atoms with van der Waals surface area (Å²) in [5.74, 6) is -1.79. The topological polar surface area (TPSA) is 58.2 Å². The van der Waals surface area contributed by atoms with E-state index in [9.17, 15) is 17.2 Å². The van der Waals surface area contributed by atoms with E-state index in [1.165, 1.54) is 0 Å². The van der Waals surface area contributed by atoms with Crippen LogP contribution in [-0.2, 0) is 10.0 Å². The Hall–Kier alpha value is -1.05. The van der Waals surface area contributed by atoms with E-state index in [0.717, 1.165) is 44.4 Å². The first-order chi connectivity index (χ1) is 9.91. The highest BCUT2D eigenvalue weighted by molar-refractivity contribution is 7.89. The van der Waals surface area contributed by atoms with Crippen LogP contribution in [0.1, 0.15) is 32.1 Å². The molecule has 3 rings (SSSR count). The van der Waals surface area contributed by atoms with Crippen molar-refractivity contribution >= 4 is 10.0 Å². The van der Waals surface area contributed by atoms with Crippen molar-refractivity contribution in [2.75, 3.05) is 6.54 Å². The first kappa shape index (κ1) is 14.9. The molecule has 0 bridgehead atoms. The molecule has 0 aromatic heterocycles. The van der Waals surface area contributed by atoms with Crippen LogP contribution < -0.4 is 10.0 Å². The monoisotopic (exact) mass is 316 g/mol. The number of nitrogens with one attached hydrogen (secondary N) is 2. The van der Waals surface area contributed by atoms with Gasteiger partial charge in [-0.3, -0.25) is 0 Å². The molecule has 1 saturated carbocycles. The van der Waals surface area contributed by atoms with Crippen LogP contribution in [-0.4, -0.2) is 26.5 Å². The number of benzene rings is 1. The highest BCUT2D eigenvalue weighted by Gasteiger charge is 2.46. The predicted molar refractivity (Wildman–Crippen MR) is 74.3 cm³/mol. The Morgan fingerprint density at radius 1 is 1.14 bits per heavy atom. The van der Waals surface area contributed by atoms with Crippen molar-refractivity contribution in [3.05, 3.63) is 29.8 Å². The van der Waals surface area contributed by atoms with Gasteiger partial charge >= 0.3 is 0 Å². The quantitative estimate of drug-likeness (QED) is 0.896. The number of hydrogen-bond acceptors (Lipinski definition) is 3. The second-order valence-electron chi connectivity index (χ2n) is 5.86. The predicted octanol–water partition coefficient (Wildman–Crippen LogP) is 1.92. The van der Waals surface area contributed by atoms with Crippen molar-refractivity contribution in [1.29, 1.82) is 0 Å². The normalized spacial score (nSPS) is 24.8. The van der Waals surface area contributed by atoms with Gasteiger partial charge in [0.05, 0.1) is 4.90 Å². The van der Waals surface area contributed by atoms with Gasteiger partial charge in [0, 0.05) is 17.6 Å². The van der Waals surface area contributed by atoms with Gasteiger partial charge in [0.25, 0.3) is 0 Å². The van der Waals surface area contributed by atoms with Crippen molar-refractivity contribution in [2.24, 2.45) is 0 Å². The lowest BCUT2D eigenvalue weighted by Gasteiger charge is -2.31. The lowest BCUT2D eigenvalue weighted by atomic mass is 9.91. The van der Waals surface area contributed by atoms with E-state index in [-0.39, 0.29) is 16.5 Å². The molecule has 1 atom stereocenters. The molecule has 21 heavy (non-hydrogen) atoms. The molecule has 2 aliphatic rings. The third-order valence-electron chi connectivity index (χ3n) is 4.52. The first-order valence-electron chi connectivity index (χ1n) is 7.15. The summed E-state index contributed by atoms with van der Waals surface area (Å²) in [7, 11) is -3.92. The zero-order valence-corrected chi connectivity index (χ0v) is 12.3. The highest BCUT2D eigenvalue weighted by atomic mass is 32.2. The molecule has 1 aliphatic carbocycles. The van der Waals surface area contributed by atoms with Crippen LogP contribution in [0.5, 0.6) is 0 Å². The average Bonchev–Trinajstić information content (AvgIpc) is 3.00. The molecular formula is C14H18F2N2O2S. The highest BCUT2D eigenvalue weighted by Crippen LogP contribution is 2.37. The molecule has 1 unspecified atom stereocenters. The van der Waals surface area contributed by atoms with E-state index in [4.69, 9.17) is 0 Å². The molecule has 1 aromatic rings. The fourth-order valence-corrected chi connectivity index (χ4v) is 4.90. The van der Waals surface area contributed by atoms with Gasteiger partial charge < -0.3 is 5.32 Å². The zero-order chi connectivity index (χ0) is 15.1. The molecule has 4 nitrogen and oxygen atoms in total. The molecule has 7 heteroatoms. The van der Waals surface area contributed by atoms with Gasteiger partial charge in [0.15, 0.2) is 0 Å². The maximum absolute atomic E-state index is 13.2. The van der Waals surface area contributed by atoms with Crippen molar-refractivity contribution < 1.29 is 17.2 Å². The fraction of sp³-hybridized carbons (Fsp3) is 0.571. The summed E-state index contributed by atoms with van der Waals surface area (Å²) in [5.41, 5.74) is -0.195. The summed E-state index contributed by atoms with van der Waals surface area (Å²) in [6.07, 6.45) is 4.69. The van der Waals surface area contributed by atoms with Crippen LogP contribution in [0.15, 0.2) is 23.1 Å². The van der Waals surface area contributed by atoms with Gasteiger partial charge in [-0.05, 0) is 37.9 Å². The second kappa shape index (κ2) is 5.30. The molecule has 2 fully saturated rings. The minimum absolute atomic E-state index is 0.195. The fourth-order valence-electron chi connectivity index (χ4n) is 3.51. The number of rotatable bonds is 3. The molecule has 2 N–H and O–H groups in total. The molecular weight excluding hydrogens is 298 g/mol. The van der Waals surface area contributed by atoms with Crippen LogP contribution in [0, 0.1) is 11.6 Å². The lowest BCUT2D eigenvalue weighted by molar-refractivity contribution is 0.329.